The molecule has 2 aromatic heterocycles. The van der Waals surface area contributed by atoms with Crippen LogP contribution in [0.3, 0.4) is 0 Å². The van der Waals surface area contributed by atoms with Crippen LogP contribution in [0.2, 0.25) is 0 Å². The summed E-state index contributed by atoms with van der Waals surface area (Å²) in [7, 11) is -0.699. The quantitative estimate of drug-likeness (QED) is 0.346. The van der Waals surface area contributed by atoms with Crippen LogP contribution in [-0.4, -0.2) is 52.6 Å². The van der Waals surface area contributed by atoms with E-state index >= 15 is 0 Å². The summed E-state index contributed by atoms with van der Waals surface area (Å²) in [5.41, 5.74) is 1.23. The number of aromatic nitrogens is 5. The summed E-state index contributed by atoms with van der Waals surface area (Å²) < 4.78 is 52.6. The van der Waals surface area contributed by atoms with Crippen LogP contribution < -0.4 is 9.47 Å². The summed E-state index contributed by atoms with van der Waals surface area (Å²) in [4.78, 5) is 7.75. The van der Waals surface area contributed by atoms with Crippen LogP contribution in [0.4, 0.5) is 4.39 Å². The highest BCUT2D eigenvalue weighted by Crippen LogP contribution is 2.36. The van der Waals surface area contributed by atoms with Crippen molar-refractivity contribution in [3.05, 3.63) is 78.4 Å². The zero-order chi connectivity index (χ0) is 25.0. The summed E-state index contributed by atoms with van der Waals surface area (Å²) in [5.74, 6) is 0.806. The molecule has 0 unspecified atom stereocenters. The molecular weight excluding hydrogens is 473 g/mol. The fourth-order valence-corrected chi connectivity index (χ4v) is 4.86. The zero-order valence-electron chi connectivity index (χ0n) is 19.4. The maximum atomic E-state index is 13.3. The van der Waals surface area contributed by atoms with Crippen molar-refractivity contribution in [2.24, 2.45) is 0 Å². The van der Waals surface area contributed by atoms with Gasteiger partial charge in [0, 0.05) is 12.0 Å². The summed E-state index contributed by atoms with van der Waals surface area (Å²) in [6.45, 7) is 1.56. The Morgan fingerprint density at radius 2 is 1.57 bits per heavy atom. The Bertz CT molecular complexity index is 1390. The molecule has 0 radical (unpaired) electrons. The molecule has 11 heteroatoms. The number of halogens is 1. The number of ether oxygens (including phenoxy) is 2. The van der Waals surface area contributed by atoms with Crippen LogP contribution >= 0.6 is 0 Å². The second kappa shape index (κ2) is 10.2. The Balaban J connectivity index is 1.79. The first-order chi connectivity index (χ1) is 16.8. The van der Waals surface area contributed by atoms with Gasteiger partial charge in [-0.05, 0) is 19.1 Å². The number of rotatable bonds is 9. The van der Waals surface area contributed by atoms with Crippen LogP contribution in [0.1, 0.15) is 18.6 Å². The Morgan fingerprint density at radius 1 is 0.943 bits per heavy atom. The normalized spacial score (nSPS) is 12.3. The van der Waals surface area contributed by atoms with Crippen molar-refractivity contribution in [2.45, 2.75) is 24.3 Å². The fourth-order valence-electron chi connectivity index (χ4n) is 3.62. The van der Waals surface area contributed by atoms with E-state index in [9.17, 15) is 12.8 Å². The predicted octanol–water partition coefficient (Wildman–Crippen LogP) is 3.43. The molecule has 1 atom stereocenters. The number of benzene rings is 2. The first kappa shape index (κ1) is 24.3. The number of hydrogen-bond acceptors (Lipinski definition) is 8. The Morgan fingerprint density at radius 3 is 2.17 bits per heavy atom. The van der Waals surface area contributed by atoms with Crippen molar-refractivity contribution in [3.8, 4) is 28.6 Å². The van der Waals surface area contributed by atoms with E-state index in [1.165, 1.54) is 14.2 Å². The summed E-state index contributed by atoms with van der Waals surface area (Å²) in [6.07, 6.45) is 2.05. The number of methoxy groups -OCH3 is 2. The monoisotopic (exact) mass is 497 g/mol. The van der Waals surface area contributed by atoms with Crippen LogP contribution in [0, 0.1) is 5.82 Å². The molecule has 0 N–H and O–H groups in total. The first-order valence-electron chi connectivity index (χ1n) is 10.7. The third kappa shape index (κ3) is 5.14. The van der Waals surface area contributed by atoms with E-state index in [4.69, 9.17) is 9.47 Å². The molecule has 0 spiro atoms. The maximum absolute atomic E-state index is 13.3. The van der Waals surface area contributed by atoms with E-state index in [0.29, 0.717) is 23.0 Å². The average Bonchev–Trinajstić information content (AvgIpc) is 3.27. The molecule has 0 aliphatic carbocycles. The van der Waals surface area contributed by atoms with Crippen molar-refractivity contribution in [3.63, 3.8) is 0 Å². The summed E-state index contributed by atoms with van der Waals surface area (Å²) >= 11 is 0. The van der Waals surface area contributed by atoms with Gasteiger partial charge in [0.25, 0.3) is 0 Å². The van der Waals surface area contributed by atoms with Crippen LogP contribution in [0.15, 0.2) is 60.9 Å². The summed E-state index contributed by atoms with van der Waals surface area (Å²) in [5, 5.41) is 7.72. The van der Waals surface area contributed by atoms with E-state index in [2.05, 4.69) is 20.2 Å². The lowest BCUT2D eigenvalue weighted by Crippen LogP contribution is -2.24. The third-order valence-corrected chi connectivity index (χ3v) is 7.53. The molecule has 0 saturated heterocycles. The second-order valence-electron chi connectivity index (χ2n) is 7.79. The lowest BCUT2D eigenvalue weighted by atomic mass is 10.2. The van der Waals surface area contributed by atoms with E-state index in [-0.39, 0.29) is 18.1 Å². The molecule has 0 amide bonds. The van der Waals surface area contributed by atoms with Gasteiger partial charge in [-0.1, -0.05) is 36.4 Å². The van der Waals surface area contributed by atoms with Gasteiger partial charge in [-0.25, -0.2) is 22.8 Å². The zero-order valence-corrected chi connectivity index (χ0v) is 20.2. The number of para-hydroxylation sites is 1. The highest BCUT2D eigenvalue weighted by atomic mass is 32.2. The maximum Gasteiger partial charge on any atom is 0.168 e. The minimum Gasteiger partial charge on any atom is -0.494 e. The number of hydrogen-bond donors (Lipinski definition) is 0. The molecule has 4 aromatic rings. The van der Waals surface area contributed by atoms with Crippen molar-refractivity contribution < 1.29 is 22.3 Å². The van der Waals surface area contributed by atoms with Crippen molar-refractivity contribution in [1.82, 2.24) is 24.7 Å². The van der Waals surface area contributed by atoms with Crippen molar-refractivity contribution in [2.75, 3.05) is 14.2 Å². The molecule has 0 saturated carbocycles. The Hall–Kier alpha value is -3.86. The molecule has 0 bridgehead atoms. The van der Waals surface area contributed by atoms with Gasteiger partial charge >= 0.3 is 0 Å². The van der Waals surface area contributed by atoms with Gasteiger partial charge in [0.2, 0.25) is 0 Å². The molecule has 2 aromatic carbocycles. The predicted molar refractivity (Wildman–Crippen MR) is 128 cm³/mol. The van der Waals surface area contributed by atoms with Gasteiger partial charge in [0.05, 0.1) is 31.9 Å². The molecule has 9 nitrogen and oxygen atoms in total. The highest BCUT2D eigenvalue weighted by Gasteiger charge is 2.29. The summed E-state index contributed by atoms with van der Waals surface area (Å²) in [6, 6.07) is 14.6. The third-order valence-electron chi connectivity index (χ3n) is 5.47. The van der Waals surface area contributed by atoms with E-state index in [1.807, 2.05) is 30.3 Å². The molecule has 4 rings (SSSR count). The first-order valence-corrected chi connectivity index (χ1v) is 12.4. The molecular formula is C24H24FN5O4S. The van der Waals surface area contributed by atoms with Gasteiger partial charge in [-0.15, -0.1) is 10.2 Å². The molecule has 2 heterocycles. The van der Waals surface area contributed by atoms with Gasteiger partial charge in [0.15, 0.2) is 27.3 Å². The Kier molecular flexibility index (Phi) is 7.06. The largest absolute Gasteiger partial charge is 0.494 e. The second-order valence-corrected chi connectivity index (χ2v) is 10.2. The number of sulfone groups is 1. The van der Waals surface area contributed by atoms with E-state index in [0.717, 1.165) is 18.0 Å². The molecule has 0 aliphatic rings. The van der Waals surface area contributed by atoms with Crippen molar-refractivity contribution >= 4 is 9.84 Å². The minimum atomic E-state index is -3.74. The van der Waals surface area contributed by atoms with Gasteiger partial charge in [0.1, 0.15) is 28.8 Å². The van der Waals surface area contributed by atoms with E-state index < -0.39 is 26.7 Å². The SMILES string of the molecule is COc1cccc(OC)c1-n1c(CS(=O)(=O)[C@@H](C)Cc2ncc(F)cn2)nnc1-c1ccccc1. The van der Waals surface area contributed by atoms with Gasteiger partial charge < -0.3 is 9.47 Å². The standard InChI is InChI=1S/C24H24FN5O4S/c1-16(12-21-26-13-18(25)14-27-21)35(31,32)15-22-28-29-24(17-8-5-4-6-9-17)30(22)23-19(33-2)10-7-11-20(23)34-3/h4-11,13-14,16H,12,15H2,1-3H3/t16-/m0/s1. The topological polar surface area (TPSA) is 109 Å². The molecule has 0 fully saturated rings. The molecule has 182 valence electrons. The minimum absolute atomic E-state index is 0.0280. The lowest BCUT2D eigenvalue weighted by molar-refractivity contribution is 0.391. The molecule has 0 aliphatic heterocycles. The van der Waals surface area contributed by atoms with Gasteiger partial charge in [-0.3, -0.25) is 4.57 Å². The van der Waals surface area contributed by atoms with Crippen molar-refractivity contribution in [1.29, 1.82) is 0 Å². The van der Waals surface area contributed by atoms with E-state index in [1.54, 1.807) is 29.7 Å². The fraction of sp³-hybridized carbons (Fsp3) is 0.250. The van der Waals surface area contributed by atoms with Gasteiger partial charge in [-0.2, -0.15) is 0 Å². The smallest absolute Gasteiger partial charge is 0.168 e. The van der Waals surface area contributed by atoms with Crippen LogP contribution in [-0.2, 0) is 22.0 Å². The van der Waals surface area contributed by atoms with Crippen LogP contribution in [0.5, 0.6) is 11.5 Å². The Labute approximate surface area is 202 Å². The average molecular weight is 498 g/mol. The lowest BCUT2D eigenvalue weighted by Gasteiger charge is -2.18. The van der Waals surface area contributed by atoms with Crippen LogP contribution in [0.25, 0.3) is 17.1 Å². The molecule has 35 heavy (non-hydrogen) atoms. The number of nitrogens with zero attached hydrogens (tertiary/aromatic N) is 5. The highest BCUT2D eigenvalue weighted by molar-refractivity contribution is 7.91.